The van der Waals surface area contributed by atoms with Gasteiger partial charge >= 0.3 is 11.9 Å². The van der Waals surface area contributed by atoms with Gasteiger partial charge in [-0.3, -0.25) is 4.79 Å². The number of carbonyl (C=O) groups excluding carboxylic acids is 1. The number of Topliss-reactive ketones (excluding diaryl/α,β-unsaturated/α-hetero) is 1. The fourth-order valence-corrected chi connectivity index (χ4v) is 7.07. The number of ether oxygens (including phenoxy) is 2. The molecule has 15 heteroatoms. The summed E-state index contributed by atoms with van der Waals surface area (Å²) in [4.78, 5) is 33.1. The number of aromatic nitrogens is 2. The summed E-state index contributed by atoms with van der Waals surface area (Å²) in [5.74, 6) is -0.271. The summed E-state index contributed by atoms with van der Waals surface area (Å²) in [7, 11) is 1.59. The summed E-state index contributed by atoms with van der Waals surface area (Å²) >= 11 is 12.0. The molecule has 0 atom stereocenters. The highest BCUT2D eigenvalue weighted by Crippen LogP contribution is 2.34. The van der Waals surface area contributed by atoms with Gasteiger partial charge in [0.25, 0.3) is 0 Å². The molecule has 0 saturated carbocycles. The lowest BCUT2D eigenvalue weighted by molar-refractivity contribution is -0.134. The number of aliphatic carboxylic acids is 2. The van der Waals surface area contributed by atoms with Crippen molar-refractivity contribution in [3.05, 3.63) is 93.7 Å². The van der Waals surface area contributed by atoms with Gasteiger partial charge in [0.1, 0.15) is 0 Å². The summed E-state index contributed by atoms with van der Waals surface area (Å²) in [6, 6.07) is 16.8. The summed E-state index contributed by atoms with van der Waals surface area (Å²) < 4.78 is 22.1. The summed E-state index contributed by atoms with van der Waals surface area (Å²) in [5.41, 5.74) is 4.34. The molecule has 4 heterocycles. The standard InChI is InChI=1S/C25H29ClN2O4.C12H13ClN2O.C4H4O4/c1-17(29)19-5-8-22(24(15-19)30-2)31-14-4-3-11-28-12-9-18(10-13-28)25-21-7-6-20(26)16-23(21)32-27-25;13-9-1-2-10-11(7-9)16-15-12(10)8-3-5-14-6-4-8;5-3(6)1-2-4(7)8/h5-8,15-16,18H,3-4,9-14H2,1-2H3;1-2,7-8,14H,3-6H2;1-2H,(H,5,6)(H,7,8)/b;;2-1+. The van der Waals surface area contributed by atoms with E-state index >= 15 is 0 Å². The maximum absolute atomic E-state index is 11.5. The number of rotatable bonds is 12. The molecular weight excluding hydrogens is 763 g/mol. The highest BCUT2D eigenvalue weighted by atomic mass is 35.5. The first kappa shape index (κ1) is 42.2. The number of carboxylic acid groups (broad SMARTS) is 2. The van der Waals surface area contributed by atoms with E-state index in [9.17, 15) is 14.4 Å². The monoisotopic (exact) mass is 808 g/mol. The van der Waals surface area contributed by atoms with Gasteiger partial charge in [0.05, 0.1) is 25.1 Å². The molecule has 3 N–H and O–H groups in total. The second kappa shape index (κ2) is 20.8. The Balaban J connectivity index is 0.000000205. The minimum atomic E-state index is -1.26. The van der Waals surface area contributed by atoms with Crippen molar-refractivity contribution in [2.24, 2.45) is 0 Å². The Labute approximate surface area is 334 Å². The average molecular weight is 810 g/mol. The minimum Gasteiger partial charge on any atom is -0.493 e. The number of likely N-dealkylation sites (tertiary alicyclic amines) is 1. The van der Waals surface area contributed by atoms with Crippen LogP contribution in [0.2, 0.25) is 10.0 Å². The van der Waals surface area contributed by atoms with Crippen LogP contribution in [0.25, 0.3) is 21.9 Å². The Hall–Kier alpha value is -4.95. The van der Waals surface area contributed by atoms with Crippen LogP contribution in [-0.4, -0.2) is 89.6 Å². The summed E-state index contributed by atoms with van der Waals surface area (Å²) in [6.07, 6.45) is 7.58. The van der Waals surface area contributed by atoms with Crippen molar-refractivity contribution >= 4 is 62.9 Å². The Morgan fingerprint density at radius 2 is 1.36 bits per heavy atom. The van der Waals surface area contributed by atoms with Crippen molar-refractivity contribution in [3.8, 4) is 11.5 Å². The van der Waals surface area contributed by atoms with Crippen LogP contribution < -0.4 is 14.8 Å². The van der Waals surface area contributed by atoms with E-state index in [1.54, 1.807) is 26.2 Å². The van der Waals surface area contributed by atoms with Gasteiger partial charge in [-0.15, -0.1) is 0 Å². The number of benzene rings is 3. The van der Waals surface area contributed by atoms with E-state index in [4.69, 9.17) is 51.9 Å². The molecule has 2 fully saturated rings. The molecule has 0 unspecified atom stereocenters. The lowest BCUT2D eigenvalue weighted by atomic mass is 9.91. The van der Waals surface area contributed by atoms with Crippen LogP contribution >= 0.6 is 23.2 Å². The van der Waals surface area contributed by atoms with Crippen molar-refractivity contribution in [1.29, 1.82) is 0 Å². The molecule has 7 rings (SSSR count). The summed E-state index contributed by atoms with van der Waals surface area (Å²) in [5, 5.41) is 31.1. The highest BCUT2D eigenvalue weighted by Gasteiger charge is 2.25. The number of piperidine rings is 2. The largest absolute Gasteiger partial charge is 0.493 e. The Bertz CT molecular complexity index is 2100. The Morgan fingerprint density at radius 1 is 0.804 bits per heavy atom. The molecule has 2 aliphatic heterocycles. The van der Waals surface area contributed by atoms with E-state index in [0.717, 1.165) is 105 Å². The third-order valence-corrected chi connectivity index (χ3v) is 10.2. The molecule has 56 heavy (non-hydrogen) atoms. The number of fused-ring (bicyclic) bond motifs is 2. The maximum Gasteiger partial charge on any atom is 0.328 e. The number of carboxylic acids is 2. The first-order chi connectivity index (χ1) is 27.0. The maximum atomic E-state index is 11.5. The van der Waals surface area contributed by atoms with Crippen molar-refractivity contribution in [1.82, 2.24) is 20.5 Å². The predicted octanol–water partition coefficient (Wildman–Crippen LogP) is 8.39. The molecule has 0 spiro atoms. The second-order valence-electron chi connectivity index (χ2n) is 13.5. The molecule has 0 bridgehead atoms. The molecule has 2 aliphatic rings. The number of nitrogens with one attached hydrogen (secondary N) is 1. The zero-order chi connectivity index (χ0) is 40.0. The van der Waals surface area contributed by atoms with Gasteiger partial charge < -0.3 is 38.9 Å². The number of methoxy groups -OCH3 is 1. The normalized spacial score (nSPS) is 15.2. The summed E-state index contributed by atoms with van der Waals surface area (Å²) in [6.45, 7) is 7.48. The second-order valence-corrected chi connectivity index (χ2v) is 14.4. The zero-order valence-electron chi connectivity index (χ0n) is 31.3. The molecule has 13 nitrogen and oxygen atoms in total. The molecular formula is C41H46Cl2N4O9. The van der Waals surface area contributed by atoms with Crippen molar-refractivity contribution < 1.29 is 43.1 Å². The number of hydrogen-bond donors (Lipinski definition) is 3. The van der Waals surface area contributed by atoms with Gasteiger partial charge in [0.15, 0.2) is 28.4 Å². The van der Waals surface area contributed by atoms with Gasteiger partial charge in [-0.1, -0.05) is 33.5 Å². The van der Waals surface area contributed by atoms with Gasteiger partial charge in [-0.05, 0) is 121 Å². The van der Waals surface area contributed by atoms with Gasteiger partial charge in [-0.25, -0.2) is 9.59 Å². The van der Waals surface area contributed by atoms with E-state index in [0.29, 0.717) is 57.7 Å². The number of nitrogens with zero attached hydrogens (tertiary/aromatic N) is 3. The molecule has 3 aromatic carbocycles. The van der Waals surface area contributed by atoms with Crippen LogP contribution in [0.4, 0.5) is 0 Å². The highest BCUT2D eigenvalue weighted by molar-refractivity contribution is 6.31. The van der Waals surface area contributed by atoms with Crippen molar-refractivity contribution in [2.75, 3.05) is 46.4 Å². The number of ketones is 1. The Morgan fingerprint density at radius 3 is 1.88 bits per heavy atom. The molecule has 0 radical (unpaired) electrons. The zero-order valence-corrected chi connectivity index (χ0v) is 32.9. The van der Waals surface area contributed by atoms with E-state index in [1.165, 1.54) is 0 Å². The molecule has 0 aliphatic carbocycles. The predicted molar refractivity (Wildman–Crippen MR) is 213 cm³/mol. The lowest BCUT2D eigenvalue weighted by Gasteiger charge is -2.31. The number of carbonyl (C=O) groups is 3. The minimum absolute atomic E-state index is 0.0137. The van der Waals surface area contributed by atoms with Crippen molar-refractivity contribution in [3.63, 3.8) is 0 Å². The van der Waals surface area contributed by atoms with Crippen molar-refractivity contribution in [2.45, 2.75) is 57.3 Å². The first-order valence-electron chi connectivity index (χ1n) is 18.5. The molecule has 2 saturated heterocycles. The number of unbranched alkanes of at least 4 members (excludes halogenated alkanes) is 1. The van der Waals surface area contributed by atoms with E-state index in [1.807, 2.05) is 42.5 Å². The fourth-order valence-electron chi connectivity index (χ4n) is 6.74. The van der Waals surface area contributed by atoms with E-state index in [-0.39, 0.29) is 5.78 Å². The van der Waals surface area contributed by atoms with Crippen LogP contribution in [0.5, 0.6) is 11.5 Å². The molecule has 5 aromatic rings. The Kier molecular flexibility index (Phi) is 15.7. The third-order valence-electron chi connectivity index (χ3n) is 9.69. The van der Waals surface area contributed by atoms with Crippen LogP contribution in [0, 0.1) is 0 Å². The SMILES string of the molecule is COc1cc(C(C)=O)ccc1OCCCCN1CCC(c2noc3cc(Cl)ccc23)CC1.Clc1ccc2c(C3CCNCC3)noc2c1.O=C(O)/C=C/C(=O)O. The topological polar surface area (TPSA) is 177 Å². The lowest BCUT2D eigenvalue weighted by Crippen LogP contribution is -2.34. The van der Waals surface area contributed by atoms with Crippen LogP contribution in [0.1, 0.15) is 79.0 Å². The smallest absolute Gasteiger partial charge is 0.328 e. The molecule has 2 aromatic heterocycles. The third kappa shape index (κ3) is 12.0. The number of hydrogen-bond acceptors (Lipinski definition) is 11. The average Bonchev–Trinajstić information content (AvgIpc) is 3.82. The van der Waals surface area contributed by atoms with E-state index < -0.39 is 11.9 Å². The fraction of sp³-hybridized carbons (Fsp3) is 0.390. The van der Waals surface area contributed by atoms with Gasteiger partial charge in [-0.2, -0.15) is 0 Å². The first-order valence-corrected chi connectivity index (χ1v) is 19.3. The van der Waals surface area contributed by atoms with Crippen LogP contribution in [0.15, 0.2) is 75.8 Å². The van der Waals surface area contributed by atoms with Gasteiger partial charge in [0, 0.05) is 62.5 Å². The van der Waals surface area contributed by atoms with Crippen LogP contribution in [-0.2, 0) is 9.59 Å². The van der Waals surface area contributed by atoms with Gasteiger partial charge in [0.2, 0.25) is 0 Å². The number of halogens is 2. The quantitative estimate of drug-likeness (QED) is 0.0623. The van der Waals surface area contributed by atoms with E-state index in [2.05, 4.69) is 20.5 Å². The molecule has 298 valence electrons. The molecule has 0 amide bonds. The van der Waals surface area contributed by atoms with Crippen LogP contribution in [0.3, 0.4) is 0 Å².